The van der Waals surface area contributed by atoms with Gasteiger partial charge in [-0.1, -0.05) is 0 Å². The molecule has 10 nitrogen and oxygen atoms in total. The zero-order chi connectivity index (χ0) is 16.7. The highest BCUT2D eigenvalue weighted by Gasteiger charge is 2.43. The van der Waals surface area contributed by atoms with Crippen molar-refractivity contribution in [1.29, 1.82) is 0 Å². The number of methoxy groups -OCH3 is 1. The van der Waals surface area contributed by atoms with Gasteiger partial charge in [0, 0.05) is 19.5 Å². The van der Waals surface area contributed by atoms with E-state index >= 15 is 0 Å². The SMILES string of the molecule is COCCN(C(=O)N(CCCl)N=O)C1OC[C@H](O)[C@H](O)[C@H]1O. The Morgan fingerprint density at radius 2 is 2.05 bits per heavy atom. The Morgan fingerprint density at radius 1 is 1.36 bits per heavy atom. The summed E-state index contributed by atoms with van der Waals surface area (Å²) in [4.78, 5) is 24.1. The predicted molar refractivity (Wildman–Crippen MR) is 75.0 cm³/mol. The molecule has 0 aromatic carbocycles. The molecule has 0 aromatic heterocycles. The number of aliphatic hydroxyl groups is 3. The minimum absolute atomic E-state index is 0.00891. The molecular weight excluding hydrogens is 322 g/mol. The van der Waals surface area contributed by atoms with Crippen molar-refractivity contribution in [3.63, 3.8) is 0 Å². The third-order valence-electron chi connectivity index (χ3n) is 3.18. The normalized spacial score (nSPS) is 28.2. The number of nitrogens with zero attached hydrogens (tertiary/aromatic N) is 3. The highest BCUT2D eigenvalue weighted by molar-refractivity contribution is 6.18. The third-order valence-corrected chi connectivity index (χ3v) is 3.35. The lowest BCUT2D eigenvalue weighted by Gasteiger charge is -2.41. The average molecular weight is 342 g/mol. The zero-order valence-electron chi connectivity index (χ0n) is 12.0. The van der Waals surface area contributed by atoms with E-state index in [1.165, 1.54) is 7.11 Å². The molecule has 1 aliphatic heterocycles. The van der Waals surface area contributed by atoms with Crippen molar-refractivity contribution in [3.05, 3.63) is 4.91 Å². The maximum atomic E-state index is 12.3. The van der Waals surface area contributed by atoms with E-state index in [1.54, 1.807) is 0 Å². The maximum absolute atomic E-state index is 12.3. The monoisotopic (exact) mass is 341 g/mol. The summed E-state index contributed by atoms with van der Waals surface area (Å²) >= 11 is 5.50. The molecule has 1 rings (SSSR count). The molecule has 4 atom stereocenters. The molecule has 11 heteroatoms. The first-order valence-electron chi connectivity index (χ1n) is 6.60. The van der Waals surface area contributed by atoms with Crippen LogP contribution in [0.5, 0.6) is 0 Å². The van der Waals surface area contributed by atoms with Crippen LogP contribution in [-0.4, -0.2) is 95.1 Å². The number of carbonyl (C=O) groups excluding carboxylic acids is 1. The molecule has 0 aliphatic carbocycles. The summed E-state index contributed by atoms with van der Waals surface area (Å²) in [5.74, 6) is -0.00891. The molecular formula is C11H20ClN3O7. The fourth-order valence-corrected chi connectivity index (χ4v) is 2.15. The molecule has 0 saturated carbocycles. The van der Waals surface area contributed by atoms with Crippen molar-refractivity contribution >= 4 is 17.6 Å². The lowest BCUT2D eigenvalue weighted by atomic mass is 10.0. The van der Waals surface area contributed by atoms with Gasteiger partial charge in [0.2, 0.25) is 0 Å². The van der Waals surface area contributed by atoms with E-state index in [2.05, 4.69) is 5.29 Å². The number of halogens is 1. The van der Waals surface area contributed by atoms with E-state index in [0.29, 0.717) is 5.01 Å². The largest absolute Gasteiger partial charge is 0.388 e. The van der Waals surface area contributed by atoms with Crippen molar-refractivity contribution in [2.24, 2.45) is 5.29 Å². The Hall–Kier alpha value is -1.04. The fraction of sp³-hybridized carbons (Fsp3) is 0.909. The maximum Gasteiger partial charge on any atom is 0.345 e. The smallest absolute Gasteiger partial charge is 0.345 e. The van der Waals surface area contributed by atoms with Crippen molar-refractivity contribution in [3.8, 4) is 0 Å². The average Bonchev–Trinajstić information content (AvgIpc) is 2.52. The molecule has 1 aliphatic rings. The van der Waals surface area contributed by atoms with Crippen LogP contribution in [0.25, 0.3) is 0 Å². The van der Waals surface area contributed by atoms with Gasteiger partial charge in [0.1, 0.15) is 18.3 Å². The van der Waals surface area contributed by atoms with Gasteiger partial charge in [-0.05, 0) is 0 Å². The number of alkyl halides is 1. The Morgan fingerprint density at radius 3 is 2.59 bits per heavy atom. The Kier molecular flexibility index (Phi) is 7.93. The molecule has 3 N–H and O–H groups in total. The second kappa shape index (κ2) is 9.18. The number of ether oxygens (including phenoxy) is 2. The summed E-state index contributed by atoms with van der Waals surface area (Å²) in [5, 5.41) is 32.3. The molecule has 1 fully saturated rings. The Balaban J connectivity index is 2.91. The summed E-state index contributed by atoms with van der Waals surface area (Å²) < 4.78 is 10.1. The molecule has 22 heavy (non-hydrogen) atoms. The van der Waals surface area contributed by atoms with Gasteiger partial charge >= 0.3 is 6.03 Å². The lowest BCUT2D eigenvalue weighted by molar-refractivity contribution is -0.221. The van der Waals surface area contributed by atoms with Gasteiger partial charge in [0.05, 0.1) is 25.0 Å². The summed E-state index contributed by atoms with van der Waals surface area (Å²) in [6.45, 7) is -0.316. The van der Waals surface area contributed by atoms with Crippen molar-refractivity contribution in [2.45, 2.75) is 24.5 Å². The van der Waals surface area contributed by atoms with Crippen LogP contribution in [0.1, 0.15) is 0 Å². The molecule has 2 amide bonds. The molecule has 0 aromatic rings. The summed E-state index contributed by atoms with van der Waals surface area (Å²) in [7, 11) is 1.41. The molecule has 0 radical (unpaired) electrons. The second-order valence-electron chi connectivity index (χ2n) is 4.63. The quantitative estimate of drug-likeness (QED) is 0.298. The molecule has 0 bridgehead atoms. The fourth-order valence-electron chi connectivity index (χ4n) is 1.99. The van der Waals surface area contributed by atoms with E-state index in [-0.39, 0.29) is 32.2 Å². The van der Waals surface area contributed by atoms with Crippen LogP contribution < -0.4 is 0 Å². The van der Waals surface area contributed by atoms with Crippen LogP contribution in [0.15, 0.2) is 5.29 Å². The highest BCUT2D eigenvalue weighted by atomic mass is 35.5. The Bertz CT molecular complexity index is 376. The van der Waals surface area contributed by atoms with Gasteiger partial charge in [0.15, 0.2) is 6.23 Å². The summed E-state index contributed by atoms with van der Waals surface area (Å²) in [5.41, 5.74) is 0. The topological polar surface area (TPSA) is 132 Å². The zero-order valence-corrected chi connectivity index (χ0v) is 12.8. The number of carbonyl (C=O) groups is 1. The van der Waals surface area contributed by atoms with E-state index in [1.807, 2.05) is 0 Å². The molecule has 0 spiro atoms. The molecule has 1 unspecified atom stereocenters. The Labute approximate surface area is 132 Å². The first kappa shape index (κ1) is 19.0. The summed E-state index contributed by atoms with van der Waals surface area (Å²) in [6.07, 6.45) is -5.55. The van der Waals surface area contributed by atoms with E-state index in [0.717, 1.165) is 4.90 Å². The molecule has 128 valence electrons. The first-order chi connectivity index (χ1) is 10.5. The van der Waals surface area contributed by atoms with Crippen LogP contribution in [0.2, 0.25) is 0 Å². The third kappa shape index (κ3) is 4.48. The second-order valence-corrected chi connectivity index (χ2v) is 5.01. The number of nitroso groups, excluding NO2 is 1. The van der Waals surface area contributed by atoms with Crippen LogP contribution >= 0.6 is 11.6 Å². The minimum Gasteiger partial charge on any atom is -0.388 e. The molecule has 1 saturated heterocycles. The van der Waals surface area contributed by atoms with Gasteiger partial charge in [0.25, 0.3) is 0 Å². The highest BCUT2D eigenvalue weighted by Crippen LogP contribution is 2.20. The number of hydrogen-bond donors (Lipinski definition) is 3. The van der Waals surface area contributed by atoms with Crippen molar-refractivity contribution < 1.29 is 29.6 Å². The van der Waals surface area contributed by atoms with E-state index in [9.17, 15) is 25.0 Å². The van der Waals surface area contributed by atoms with Crippen molar-refractivity contribution in [1.82, 2.24) is 9.91 Å². The minimum atomic E-state index is -1.55. The van der Waals surface area contributed by atoms with Crippen molar-refractivity contribution in [2.75, 3.05) is 39.3 Å². The van der Waals surface area contributed by atoms with Crippen LogP contribution in [0.3, 0.4) is 0 Å². The van der Waals surface area contributed by atoms with Crippen LogP contribution in [-0.2, 0) is 9.47 Å². The first-order valence-corrected chi connectivity index (χ1v) is 7.13. The van der Waals surface area contributed by atoms with Crippen LogP contribution in [0.4, 0.5) is 4.79 Å². The number of rotatable bonds is 7. The number of aliphatic hydroxyl groups excluding tert-OH is 3. The van der Waals surface area contributed by atoms with Gasteiger partial charge in [-0.15, -0.1) is 16.5 Å². The van der Waals surface area contributed by atoms with E-state index < -0.39 is 30.6 Å². The van der Waals surface area contributed by atoms with Gasteiger partial charge < -0.3 is 24.8 Å². The number of amides is 2. The lowest BCUT2D eigenvalue weighted by Crippen LogP contribution is -2.62. The standard InChI is InChI=1S/C11H20ClN3O7/c1-21-5-4-14(11(19)15(13-20)3-2-12)10-9(18)8(17)7(16)6-22-10/h7-10,16-18H,2-6H2,1H3/t7-,8-,9+,10?/m0/s1. The van der Waals surface area contributed by atoms with Gasteiger partial charge in [-0.25, -0.2) is 4.79 Å². The summed E-state index contributed by atoms with van der Waals surface area (Å²) in [6, 6.07) is -0.847. The van der Waals surface area contributed by atoms with Gasteiger partial charge in [-0.3, -0.25) is 4.90 Å². The number of urea groups is 1. The number of hydrogen-bond acceptors (Lipinski definition) is 8. The molecule has 1 heterocycles. The predicted octanol–water partition coefficient (Wildman–Crippen LogP) is -1.28. The van der Waals surface area contributed by atoms with Crippen LogP contribution in [0, 0.1) is 4.91 Å². The van der Waals surface area contributed by atoms with E-state index in [4.69, 9.17) is 21.1 Å². The van der Waals surface area contributed by atoms with Gasteiger partial charge in [-0.2, -0.15) is 5.01 Å².